The number of benzene rings is 1. The highest BCUT2D eigenvalue weighted by molar-refractivity contribution is 7.92. The number of carbonyl (C=O) groups excluding carboxylic acids is 1. The van der Waals surface area contributed by atoms with Crippen molar-refractivity contribution >= 4 is 15.7 Å². The molecule has 0 aromatic heterocycles. The first-order chi connectivity index (χ1) is 10.7. The van der Waals surface area contributed by atoms with Crippen molar-refractivity contribution in [3.05, 3.63) is 29.8 Å². The highest BCUT2D eigenvalue weighted by Crippen LogP contribution is 2.28. The Kier molecular flexibility index (Phi) is 5.47. The third kappa shape index (κ3) is 4.54. The summed E-state index contributed by atoms with van der Waals surface area (Å²) in [5.41, 5.74) is -0.00572. The van der Waals surface area contributed by atoms with Crippen LogP contribution in [0, 0.1) is 0 Å². The van der Waals surface area contributed by atoms with E-state index in [1.165, 1.54) is 0 Å². The molecule has 0 saturated heterocycles. The number of nitrogens with one attached hydrogen (secondary N) is 1. The van der Waals surface area contributed by atoms with Gasteiger partial charge in [-0.15, -0.1) is 0 Å². The molecular formula is C17H25NO4S. The van der Waals surface area contributed by atoms with Crippen LogP contribution in [0.2, 0.25) is 0 Å². The second-order valence-corrected chi connectivity index (χ2v) is 9.13. The maximum Gasteiger partial charge on any atom is 0.224 e. The molecule has 2 rings (SSSR count). The van der Waals surface area contributed by atoms with E-state index in [1.54, 1.807) is 38.1 Å². The van der Waals surface area contributed by atoms with Crippen LogP contribution in [0.1, 0.15) is 45.1 Å². The molecule has 1 aromatic rings. The second kappa shape index (κ2) is 7.01. The van der Waals surface area contributed by atoms with E-state index in [-0.39, 0.29) is 23.8 Å². The maximum absolute atomic E-state index is 12.0. The summed E-state index contributed by atoms with van der Waals surface area (Å²) < 4.78 is 24.1. The van der Waals surface area contributed by atoms with E-state index in [1.807, 2.05) is 0 Å². The zero-order valence-corrected chi connectivity index (χ0v) is 14.5. The van der Waals surface area contributed by atoms with Gasteiger partial charge in [0, 0.05) is 6.54 Å². The predicted molar refractivity (Wildman–Crippen MR) is 88.9 cm³/mol. The van der Waals surface area contributed by atoms with E-state index < -0.39 is 20.7 Å². The number of aliphatic hydroxyl groups is 1. The van der Waals surface area contributed by atoms with Crippen molar-refractivity contribution in [3.63, 3.8) is 0 Å². The summed E-state index contributed by atoms with van der Waals surface area (Å²) in [6, 6.07) is 6.42. The molecular weight excluding hydrogens is 314 g/mol. The molecule has 5 nitrogen and oxygen atoms in total. The van der Waals surface area contributed by atoms with E-state index in [9.17, 15) is 18.3 Å². The fraction of sp³-hybridized carbons (Fsp3) is 0.588. The van der Waals surface area contributed by atoms with Gasteiger partial charge in [-0.05, 0) is 44.4 Å². The van der Waals surface area contributed by atoms with E-state index in [4.69, 9.17) is 0 Å². The minimum absolute atomic E-state index is 0.162. The van der Waals surface area contributed by atoms with Crippen LogP contribution in [0.15, 0.2) is 29.2 Å². The molecule has 1 aliphatic rings. The van der Waals surface area contributed by atoms with Gasteiger partial charge in [0.2, 0.25) is 5.91 Å². The fourth-order valence-electron chi connectivity index (χ4n) is 2.79. The van der Waals surface area contributed by atoms with Crippen LogP contribution < -0.4 is 5.32 Å². The number of rotatable bonds is 6. The predicted octanol–water partition coefficient (Wildman–Crippen LogP) is 1.83. The summed E-state index contributed by atoms with van der Waals surface area (Å²) in [6.07, 6.45) is 3.64. The zero-order chi connectivity index (χ0) is 17.1. The monoisotopic (exact) mass is 339 g/mol. The van der Waals surface area contributed by atoms with Gasteiger partial charge in [-0.3, -0.25) is 4.79 Å². The summed E-state index contributed by atoms with van der Waals surface area (Å²) in [5, 5.41) is 12.5. The highest BCUT2D eigenvalue weighted by Gasteiger charge is 2.31. The molecule has 1 saturated carbocycles. The second-order valence-electron chi connectivity index (χ2n) is 6.62. The molecule has 23 heavy (non-hydrogen) atoms. The first kappa shape index (κ1) is 17.9. The smallest absolute Gasteiger partial charge is 0.224 e. The first-order valence-corrected chi connectivity index (χ1v) is 9.59. The van der Waals surface area contributed by atoms with Gasteiger partial charge in [0.05, 0.1) is 22.2 Å². The third-order valence-electron chi connectivity index (χ3n) is 4.39. The van der Waals surface area contributed by atoms with Crippen molar-refractivity contribution in [1.29, 1.82) is 0 Å². The maximum atomic E-state index is 12.0. The molecule has 0 radical (unpaired) electrons. The topological polar surface area (TPSA) is 83.5 Å². The van der Waals surface area contributed by atoms with Crippen LogP contribution in [-0.4, -0.2) is 36.8 Å². The van der Waals surface area contributed by atoms with Gasteiger partial charge in [-0.25, -0.2) is 8.42 Å². The molecule has 1 aliphatic carbocycles. The minimum Gasteiger partial charge on any atom is -0.388 e. The molecule has 1 amide bonds. The lowest BCUT2D eigenvalue weighted by atomic mass is 10.0. The number of carbonyl (C=O) groups is 1. The molecule has 0 spiro atoms. The lowest BCUT2D eigenvalue weighted by Crippen LogP contribution is -2.41. The van der Waals surface area contributed by atoms with Gasteiger partial charge < -0.3 is 10.4 Å². The van der Waals surface area contributed by atoms with E-state index >= 15 is 0 Å². The molecule has 1 fully saturated rings. The molecule has 0 heterocycles. The Morgan fingerprint density at radius 2 is 1.78 bits per heavy atom. The summed E-state index contributed by atoms with van der Waals surface area (Å²) >= 11 is 0. The first-order valence-electron chi connectivity index (χ1n) is 8.05. The van der Waals surface area contributed by atoms with Crippen molar-refractivity contribution in [1.82, 2.24) is 5.32 Å². The number of hydrogen-bond acceptors (Lipinski definition) is 4. The fourth-order valence-corrected chi connectivity index (χ4v) is 3.85. The van der Waals surface area contributed by atoms with Gasteiger partial charge in [0.1, 0.15) is 0 Å². The zero-order valence-electron chi connectivity index (χ0n) is 13.7. The van der Waals surface area contributed by atoms with Gasteiger partial charge in [-0.2, -0.15) is 0 Å². The van der Waals surface area contributed by atoms with Gasteiger partial charge in [0.25, 0.3) is 0 Å². The van der Waals surface area contributed by atoms with Gasteiger partial charge in [-0.1, -0.05) is 25.0 Å². The molecule has 1 aromatic carbocycles. The van der Waals surface area contributed by atoms with Crippen LogP contribution in [0.5, 0.6) is 0 Å². The van der Waals surface area contributed by atoms with Crippen molar-refractivity contribution in [3.8, 4) is 0 Å². The third-order valence-corrected chi connectivity index (χ3v) is 6.56. The summed E-state index contributed by atoms with van der Waals surface area (Å²) in [7, 11) is -3.29. The Labute approximate surface area is 138 Å². The number of sulfone groups is 1. The van der Waals surface area contributed by atoms with Crippen LogP contribution in [0.3, 0.4) is 0 Å². The van der Waals surface area contributed by atoms with Gasteiger partial charge in [0.15, 0.2) is 9.84 Å². The molecule has 128 valence electrons. The molecule has 2 N–H and O–H groups in total. The highest BCUT2D eigenvalue weighted by atomic mass is 32.2. The largest absolute Gasteiger partial charge is 0.388 e. The van der Waals surface area contributed by atoms with Gasteiger partial charge >= 0.3 is 0 Å². The lowest BCUT2D eigenvalue weighted by Gasteiger charge is -2.22. The molecule has 0 unspecified atom stereocenters. The average molecular weight is 339 g/mol. The van der Waals surface area contributed by atoms with Crippen LogP contribution in [0.25, 0.3) is 0 Å². The van der Waals surface area contributed by atoms with Crippen molar-refractivity contribution in [2.24, 2.45) is 0 Å². The molecule has 6 heteroatoms. The van der Waals surface area contributed by atoms with Crippen LogP contribution >= 0.6 is 0 Å². The SMILES string of the molecule is CC(C)S(=O)(=O)c1ccc(CC(=O)NCC2(O)CCCC2)cc1. The Morgan fingerprint density at radius 1 is 1.22 bits per heavy atom. The Hall–Kier alpha value is -1.40. The lowest BCUT2D eigenvalue weighted by molar-refractivity contribution is -0.121. The molecule has 0 bridgehead atoms. The van der Waals surface area contributed by atoms with Crippen LogP contribution in [0.4, 0.5) is 0 Å². The quantitative estimate of drug-likeness (QED) is 0.828. The van der Waals surface area contributed by atoms with Crippen molar-refractivity contribution in [2.75, 3.05) is 6.54 Å². The van der Waals surface area contributed by atoms with Crippen LogP contribution in [-0.2, 0) is 21.1 Å². The Morgan fingerprint density at radius 3 is 2.30 bits per heavy atom. The Balaban J connectivity index is 1.92. The Bertz CT molecular complexity index is 644. The molecule has 0 atom stereocenters. The summed E-state index contributed by atoms with van der Waals surface area (Å²) in [5.74, 6) is -0.162. The average Bonchev–Trinajstić information content (AvgIpc) is 2.93. The van der Waals surface area contributed by atoms with E-state index in [0.717, 1.165) is 31.2 Å². The number of hydrogen-bond donors (Lipinski definition) is 2. The number of amides is 1. The minimum atomic E-state index is -3.29. The standard InChI is InChI=1S/C17H25NO4S/c1-13(2)23(21,22)15-7-5-14(6-8-15)11-16(19)18-12-17(20)9-3-4-10-17/h5-8,13,20H,3-4,9-12H2,1-2H3,(H,18,19). The normalized spacial score (nSPS) is 17.4. The summed E-state index contributed by atoms with van der Waals surface area (Å²) in [6.45, 7) is 3.57. The van der Waals surface area contributed by atoms with Crippen molar-refractivity contribution in [2.45, 2.75) is 61.7 Å². The summed E-state index contributed by atoms with van der Waals surface area (Å²) in [4.78, 5) is 12.2. The van der Waals surface area contributed by atoms with E-state index in [0.29, 0.717) is 0 Å². The van der Waals surface area contributed by atoms with E-state index in [2.05, 4.69) is 5.32 Å². The molecule has 0 aliphatic heterocycles. The van der Waals surface area contributed by atoms with Crippen molar-refractivity contribution < 1.29 is 18.3 Å².